The number of aliphatic hydroxyl groups excluding tert-OH is 1. The largest absolute Gasteiger partial charge is 0.384 e. The first-order chi connectivity index (χ1) is 11.8. The number of fused-ring (bicyclic) bond motifs is 1. The van der Waals surface area contributed by atoms with Gasteiger partial charge >= 0.3 is 0 Å². The number of nitrogens with one attached hydrogen (secondary N) is 1. The number of aliphatic hydroxyl groups is 1. The lowest BCUT2D eigenvalue weighted by molar-refractivity contribution is 0.350. The number of rotatable bonds is 4. The van der Waals surface area contributed by atoms with Crippen molar-refractivity contribution in [3.05, 3.63) is 83.4 Å². The first kappa shape index (κ1) is 16.3. The molecule has 2 heteroatoms. The molecular weight excluding hydrogens is 294 g/mol. The van der Waals surface area contributed by atoms with E-state index < -0.39 is 0 Å². The van der Waals surface area contributed by atoms with E-state index in [2.05, 4.69) is 78.7 Å². The van der Waals surface area contributed by atoms with E-state index in [-0.39, 0.29) is 12.6 Å². The van der Waals surface area contributed by atoms with Crippen molar-refractivity contribution in [1.82, 2.24) is 5.32 Å². The maximum absolute atomic E-state index is 8.73. The highest BCUT2D eigenvalue weighted by molar-refractivity contribution is 5.86. The fourth-order valence-corrected chi connectivity index (χ4v) is 2.86. The molecule has 0 aromatic heterocycles. The summed E-state index contributed by atoms with van der Waals surface area (Å²) in [4.78, 5) is 0. The van der Waals surface area contributed by atoms with Crippen molar-refractivity contribution in [3.63, 3.8) is 0 Å². The molecular formula is C22H21NO. The van der Waals surface area contributed by atoms with Crippen molar-refractivity contribution in [2.24, 2.45) is 0 Å². The van der Waals surface area contributed by atoms with E-state index in [9.17, 15) is 0 Å². The quantitative estimate of drug-likeness (QED) is 0.712. The predicted octanol–water partition coefficient (Wildman–Crippen LogP) is 4.03. The van der Waals surface area contributed by atoms with E-state index in [1.165, 1.54) is 21.9 Å². The molecule has 2 N–H and O–H groups in total. The van der Waals surface area contributed by atoms with Gasteiger partial charge in [0.15, 0.2) is 0 Å². The Labute approximate surface area is 143 Å². The van der Waals surface area contributed by atoms with Gasteiger partial charge in [0, 0.05) is 18.2 Å². The van der Waals surface area contributed by atoms with Crippen LogP contribution in [0.1, 0.15) is 29.7 Å². The molecule has 1 unspecified atom stereocenters. The fraction of sp³-hybridized carbons (Fsp3) is 0.182. The molecule has 0 aliphatic heterocycles. The molecule has 0 heterocycles. The molecule has 0 bridgehead atoms. The topological polar surface area (TPSA) is 32.3 Å². The highest BCUT2D eigenvalue weighted by Crippen LogP contribution is 2.24. The predicted molar refractivity (Wildman–Crippen MR) is 99.6 cm³/mol. The van der Waals surface area contributed by atoms with Gasteiger partial charge in [0.2, 0.25) is 0 Å². The summed E-state index contributed by atoms with van der Waals surface area (Å²) in [6.07, 6.45) is 0. The number of hydrogen-bond acceptors (Lipinski definition) is 2. The highest BCUT2D eigenvalue weighted by Gasteiger charge is 2.08. The highest BCUT2D eigenvalue weighted by atomic mass is 16.2. The summed E-state index contributed by atoms with van der Waals surface area (Å²) in [5.41, 5.74) is 3.46. The lowest BCUT2D eigenvalue weighted by Crippen LogP contribution is -2.18. The SMILES string of the molecule is CC(NCc1ccc(C#CCO)cc1)c1cccc2ccccc12. The van der Waals surface area contributed by atoms with Crippen LogP contribution >= 0.6 is 0 Å². The van der Waals surface area contributed by atoms with Gasteiger partial charge in [-0.25, -0.2) is 0 Å². The number of hydrogen-bond donors (Lipinski definition) is 2. The van der Waals surface area contributed by atoms with E-state index in [0.717, 1.165) is 12.1 Å². The van der Waals surface area contributed by atoms with Crippen molar-refractivity contribution < 1.29 is 5.11 Å². The lowest BCUT2D eigenvalue weighted by Gasteiger charge is -2.16. The molecule has 0 radical (unpaired) electrons. The van der Waals surface area contributed by atoms with Crippen LogP contribution in [0.4, 0.5) is 0 Å². The molecule has 0 fully saturated rings. The maximum Gasteiger partial charge on any atom is 0.104 e. The Hall–Kier alpha value is -2.60. The number of benzene rings is 3. The summed E-state index contributed by atoms with van der Waals surface area (Å²) in [5, 5.41) is 14.9. The van der Waals surface area contributed by atoms with Crippen LogP contribution in [0, 0.1) is 11.8 Å². The van der Waals surface area contributed by atoms with Gasteiger partial charge in [0.1, 0.15) is 6.61 Å². The molecule has 1 atom stereocenters. The molecule has 0 spiro atoms. The summed E-state index contributed by atoms with van der Waals surface area (Å²) in [6.45, 7) is 2.90. The standard InChI is InChI=1S/C22H21NO/c1-17(21-10-4-8-20-7-2-3-9-22(20)21)23-16-19-13-11-18(12-14-19)6-5-15-24/h2-4,7-14,17,23-24H,15-16H2,1H3. The van der Waals surface area contributed by atoms with Crippen molar-refractivity contribution in [2.45, 2.75) is 19.5 Å². The Morgan fingerprint density at radius 1 is 0.958 bits per heavy atom. The van der Waals surface area contributed by atoms with Crippen LogP contribution in [0.3, 0.4) is 0 Å². The molecule has 3 aromatic carbocycles. The molecule has 3 rings (SSSR count). The minimum atomic E-state index is -0.105. The third kappa shape index (κ3) is 3.83. The lowest BCUT2D eigenvalue weighted by atomic mass is 9.99. The van der Waals surface area contributed by atoms with Crippen LogP contribution in [0.5, 0.6) is 0 Å². The monoisotopic (exact) mass is 315 g/mol. The molecule has 0 saturated heterocycles. The zero-order valence-corrected chi connectivity index (χ0v) is 13.8. The van der Waals surface area contributed by atoms with E-state index in [1.54, 1.807) is 0 Å². The summed E-state index contributed by atoms with van der Waals surface area (Å²) in [7, 11) is 0. The van der Waals surface area contributed by atoms with E-state index in [1.807, 2.05) is 12.1 Å². The van der Waals surface area contributed by atoms with Gasteiger partial charge in [-0.05, 0) is 41.0 Å². The summed E-state index contributed by atoms with van der Waals surface area (Å²) in [5.74, 6) is 5.57. The summed E-state index contributed by atoms with van der Waals surface area (Å²) in [6, 6.07) is 23.3. The zero-order chi connectivity index (χ0) is 16.8. The Morgan fingerprint density at radius 2 is 1.71 bits per heavy atom. The average molecular weight is 315 g/mol. The van der Waals surface area contributed by atoms with Crippen molar-refractivity contribution >= 4 is 10.8 Å². The van der Waals surface area contributed by atoms with Crippen molar-refractivity contribution in [2.75, 3.05) is 6.61 Å². The van der Waals surface area contributed by atoms with Crippen LogP contribution in [0.25, 0.3) is 10.8 Å². The average Bonchev–Trinajstić information content (AvgIpc) is 2.64. The molecule has 0 aliphatic carbocycles. The van der Waals surface area contributed by atoms with Gasteiger partial charge < -0.3 is 10.4 Å². The van der Waals surface area contributed by atoms with Gasteiger partial charge in [-0.15, -0.1) is 0 Å². The maximum atomic E-state index is 8.73. The second kappa shape index (κ2) is 7.79. The Balaban J connectivity index is 1.69. The van der Waals surface area contributed by atoms with E-state index in [4.69, 9.17) is 5.11 Å². The molecule has 120 valence electrons. The summed E-state index contributed by atoms with van der Waals surface area (Å²) < 4.78 is 0. The molecule has 24 heavy (non-hydrogen) atoms. The van der Waals surface area contributed by atoms with Gasteiger partial charge in [-0.2, -0.15) is 0 Å². The first-order valence-corrected chi connectivity index (χ1v) is 8.17. The van der Waals surface area contributed by atoms with Crippen molar-refractivity contribution in [3.8, 4) is 11.8 Å². The van der Waals surface area contributed by atoms with Crippen LogP contribution in [-0.2, 0) is 6.54 Å². The van der Waals surface area contributed by atoms with Gasteiger partial charge in [-0.1, -0.05) is 66.4 Å². The third-order valence-electron chi connectivity index (χ3n) is 4.17. The van der Waals surface area contributed by atoms with Gasteiger partial charge in [0.25, 0.3) is 0 Å². The zero-order valence-electron chi connectivity index (χ0n) is 13.8. The minimum absolute atomic E-state index is 0.105. The first-order valence-electron chi connectivity index (χ1n) is 8.17. The van der Waals surface area contributed by atoms with Crippen LogP contribution in [-0.4, -0.2) is 11.7 Å². The second-order valence-corrected chi connectivity index (χ2v) is 5.83. The van der Waals surface area contributed by atoms with E-state index in [0.29, 0.717) is 0 Å². The smallest absolute Gasteiger partial charge is 0.104 e. The summed E-state index contributed by atoms with van der Waals surface area (Å²) >= 11 is 0. The normalized spacial score (nSPS) is 11.8. The Bertz CT molecular complexity index is 866. The third-order valence-corrected chi connectivity index (χ3v) is 4.17. The molecule has 2 nitrogen and oxygen atoms in total. The Morgan fingerprint density at radius 3 is 2.50 bits per heavy atom. The molecule has 0 amide bonds. The van der Waals surface area contributed by atoms with Crippen molar-refractivity contribution in [1.29, 1.82) is 0 Å². The molecule has 0 saturated carbocycles. The van der Waals surface area contributed by atoms with Gasteiger partial charge in [-0.3, -0.25) is 0 Å². The minimum Gasteiger partial charge on any atom is -0.384 e. The molecule has 3 aromatic rings. The molecule has 0 aliphatic rings. The van der Waals surface area contributed by atoms with Crippen LogP contribution < -0.4 is 5.32 Å². The second-order valence-electron chi connectivity index (χ2n) is 5.83. The Kier molecular flexibility index (Phi) is 5.28. The van der Waals surface area contributed by atoms with Crippen LogP contribution in [0.2, 0.25) is 0 Å². The van der Waals surface area contributed by atoms with Crippen LogP contribution in [0.15, 0.2) is 66.7 Å². The van der Waals surface area contributed by atoms with Gasteiger partial charge in [0.05, 0.1) is 0 Å². The fourth-order valence-electron chi connectivity index (χ4n) is 2.86. The van der Waals surface area contributed by atoms with E-state index >= 15 is 0 Å².